The first-order chi connectivity index (χ1) is 28.3. The molecule has 6 nitrogen and oxygen atoms in total. The molecule has 0 saturated carbocycles. The summed E-state index contributed by atoms with van der Waals surface area (Å²) in [5, 5.41) is 0. The molecule has 0 aromatic carbocycles. The molecule has 0 spiro atoms. The highest BCUT2D eigenvalue weighted by molar-refractivity contribution is 5.71. The first-order valence-electron chi connectivity index (χ1n) is 25.8. The Bertz CT molecular complexity index is 887. The van der Waals surface area contributed by atoms with Crippen molar-refractivity contribution < 1.29 is 28.6 Å². The minimum atomic E-state index is -0.761. The molecule has 0 radical (unpaired) electrons. The lowest BCUT2D eigenvalue weighted by atomic mass is 9.99. The molecule has 0 aliphatic rings. The third-order valence-corrected chi connectivity index (χ3v) is 12.1. The van der Waals surface area contributed by atoms with E-state index < -0.39 is 6.10 Å². The topological polar surface area (TPSA) is 78.9 Å². The van der Waals surface area contributed by atoms with E-state index in [2.05, 4.69) is 34.6 Å². The molecule has 58 heavy (non-hydrogen) atoms. The predicted octanol–water partition coefficient (Wildman–Crippen LogP) is 16.5. The largest absolute Gasteiger partial charge is 0.462 e. The highest BCUT2D eigenvalue weighted by atomic mass is 16.6. The highest BCUT2D eigenvalue weighted by Crippen LogP contribution is 2.18. The van der Waals surface area contributed by atoms with Gasteiger partial charge < -0.3 is 14.2 Å². The summed E-state index contributed by atoms with van der Waals surface area (Å²) >= 11 is 0. The van der Waals surface area contributed by atoms with E-state index in [1.54, 1.807) is 0 Å². The van der Waals surface area contributed by atoms with Gasteiger partial charge in [-0.15, -0.1) is 0 Å². The van der Waals surface area contributed by atoms with Crippen LogP contribution in [0.4, 0.5) is 0 Å². The smallest absolute Gasteiger partial charge is 0.306 e. The van der Waals surface area contributed by atoms with Gasteiger partial charge in [-0.05, 0) is 31.1 Å². The average molecular weight is 821 g/mol. The SMILES string of the molecule is CCCCCCCCCCCCC(=O)O[C@H](COC(=O)CCCCCCCCCCCCCCCC(C)C)COC(=O)CCCCCCCCCCCCC(C)CC. The number of ether oxygens (including phenoxy) is 3. The third kappa shape index (κ3) is 44.0. The third-order valence-electron chi connectivity index (χ3n) is 12.1. The fourth-order valence-corrected chi connectivity index (χ4v) is 7.78. The molecule has 0 bridgehead atoms. The van der Waals surface area contributed by atoms with Gasteiger partial charge in [-0.2, -0.15) is 0 Å². The van der Waals surface area contributed by atoms with Crippen molar-refractivity contribution in [3.8, 4) is 0 Å². The van der Waals surface area contributed by atoms with Gasteiger partial charge in [0.1, 0.15) is 13.2 Å². The van der Waals surface area contributed by atoms with Gasteiger partial charge >= 0.3 is 17.9 Å². The standard InChI is InChI=1S/C52H100O6/c1-6-8-9-10-11-12-22-29-34-39-44-52(55)58-49(46-57-51(54)43-38-33-28-24-19-18-21-26-31-36-41-48(5)7-2)45-56-50(53)42-37-32-27-23-17-15-13-14-16-20-25-30-35-40-47(3)4/h47-49H,6-46H2,1-5H3/t48?,49-/m1/s1. The van der Waals surface area contributed by atoms with Crippen molar-refractivity contribution in [2.24, 2.45) is 11.8 Å². The van der Waals surface area contributed by atoms with Crippen molar-refractivity contribution in [3.05, 3.63) is 0 Å². The fourth-order valence-electron chi connectivity index (χ4n) is 7.78. The molecule has 0 aromatic heterocycles. The second-order valence-electron chi connectivity index (χ2n) is 18.5. The molecule has 0 heterocycles. The van der Waals surface area contributed by atoms with Gasteiger partial charge in [0.15, 0.2) is 6.10 Å². The van der Waals surface area contributed by atoms with E-state index in [0.29, 0.717) is 19.3 Å². The monoisotopic (exact) mass is 821 g/mol. The van der Waals surface area contributed by atoms with Crippen molar-refractivity contribution in [1.29, 1.82) is 0 Å². The van der Waals surface area contributed by atoms with Crippen LogP contribution >= 0.6 is 0 Å². The summed E-state index contributed by atoms with van der Waals surface area (Å²) in [4.78, 5) is 37.9. The molecule has 6 heteroatoms. The maximum atomic E-state index is 12.7. The molecule has 0 aromatic rings. The number of esters is 3. The first kappa shape index (κ1) is 56.4. The van der Waals surface area contributed by atoms with Gasteiger partial charge in [0.05, 0.1) is 0 Å². The van der Waals surface area contributed by atoms with E-state index in [1.165, 1.54) is 173 Å². The van der Waals surface area contributed by atoms with E-state index in [4.69, 9.17) is 14.2 Å². The molecule has 0 aliphatic heterocycles. The number of carbonyl (C=O) groups is 3. The van der Waals surface area contributed by atoms with Crippen molar-refractivity contribution >= 4 is 17.9 Å². The Balaban J connectivity index is 4.28. The Hall–Kier alpha value is -1.59. The Kier molecular flexibility index (Phi) is 43.7. The Labute approximate surface area is 361 Å². The molecule has 344 valence electrons. The first-order valence-corrected chi connectivity index (χ1v) is 25.8. The Morgan fingerprint density at radius 3 is 0.983 bits per heavy atom. The molecular formula is C52H100O6. The van der Waals surface area contributed by atoms with Crippen molar-refractivity contribution in [1.82, 2.24) is 0 Å². The second-order valence-corrected chi connectivity index (χ2v) is 18.5. The molecule has 0 fully saturated rings. The summed E-state index contributed by atoms with van der Waals surface area (Å²) in [6, 6.07) is 0. The molecule has 2 atom stereocenters. The number of hydrogen-bond donors (Lipinski definition) is 0. The Morgan fingerprint density at radius 2 is 0.655 bits per heavy atom. The van der Waals surface area contributed by atoms with Gasteiger partial charge in [0.25, 0.3) is 0 Å². The lowest BCUT2D eigenvalue weighted by Crippen LogP contribution is -2.30. The number of rotatable bonds is 46. The van der Waals surface area contributed by atoms with E-state index >= 15 is 0 Å². The van der Waals surface area contributed by atoms with Crippen LogP contribution in [0.2, 0.25) is 0 Å². The lowest BCUT2D eigenvalue weighted by Gasteiger charge is -2.18. The van der Waals surface area contributed by atoms with E-state index in [0.717, 1.165) is 69.6 Å². The van der Waals surface area contributed by atoms with Gasteiger partial charge in [-0.1, -0.05) is 247 Å². The van der Waals surface area contributed by atoms with E-state index in [-0.39, 0.29) is 31.1 Å². The van der Waals surface area contributed by atoms with Crippen molar-refractivity contribution in [2.75, 3.05) is 13.2 Å². The van der Waals surface area contributed by atoms with E-state index in [1.807, 2.05) is 0 Å². The predicted molar refractivity (Wildman–Crippen MR) is 247 cm³/mol. The minimum Gasteiger partial charge on any atom is -0.462 e. The minimum absolute atomic E-state index is 0.0638. The van der Waals surface area contributed by atoms with Gasteiger partial charge in [-0.3, -0.25) is 14.4 Å². The molecule has 0 saturated heterocycles. The van der Waals surface area contributed by atoms with Crippen LogP contribution in [0.5, 0.6) is 0 Å². The average Bonchev–Trinajstić information content (AvgIpc) is 3.21. The van der Waals surface area contributed by atoms with Crippen LogP contribution in [0, 0.1) is 11.8 Å². The zero-order chi connectivity index (χ0) is 42.6. The van der Waals surface area contributed by atoms with Crippen LogP contribution in [-0.2, 0) is 28.6 Å². The molecule has 0 amide bonds. The number of carbonyl (C=O) groups excluding carboxylic acids is 3. The van der Waals surface area contributed by atoms with Crippen LogP contribution in [-0.4, -0.2) is 37.2 Å². The lowest BCUT2D eigenvalue weighted by molar-refractivity contribution is -0.167. The molecular weight excluding hydrogens is 721 g/mol. The van der Waals surface area contributed by atoms with Gasteiger partial charge in [0.2, 0.25) is 0 Å². The summed E-state index contributed by atoms with van der Waals surface area (Å²) in [5.41, 5.74) is 0. The van der Waals surface area contributed by atoms with Crippen molar-refractivity contribution in [2.45, 2.75) is 291 Å². The zero-order valence-electron chi connectivity index (χ0n) is 39.7. The summed E-state index contributed by atoms with van der Waals surface area (Å²) < 4.78 is 16.8. The summed E-state index contributed by atoms with van der Waals surface area (Å²) in [6.45, 7) is 11.4. The molecule has 0 aliphatic carbocycles. The number of hydrogen-bond acceptors (Lipinski definition) is 6. The molecule has 0 N–H and O–H groups in total. The molecule has 0 rings (SSSR count). The number of unbranched alkanes of at least 4 members (excludes halogenated alkanes) is 30. The quantitative estimate of drug-likeness (QED) is 0.0346. The Morgan fingerprint density at radius 1 is 0.362 bits per heavy atom. The normalized spacial score (nSPS) is 12.5. The maximum Gasteiger partial charge on any atom is 0.306 e. The highest BCUT2D eigenvalue weighted by Gasteiger charge is 2.19. The van der Waals surface area contributed by atoms with Gasteiger partial charge in [-0.25, -0.2) is 0 Å². The van der Waals surface area contributed by atoms with Crippen LogP contribution in [0.15, 0.2) is 0 Å². The van der Waals surface area contributed by atoms with Crippen LogP contribution in [0.1, 0.15) is 285 Å². The summed E-state index contributed by atoms with van der Waals surface area (Å²) in [7, 11) is 0. The van der Waals surface area contributed by atoms with Crippen molar-refractivity contribution in [3.63, 3.8) is 0 Å². The zero-order valence-corrected chi connectivity index (χ0v) is 39.7. The van der Waals surface area contributed by atoms with Crippen LogP contribution in [0.3, 0.4) is 0 Å². The summed E-state index contributed by atoms with van der Waals surface area (Å²) in [6.07, 6.45) is 45.1. The molecule has 1 unspecified atom stereocenters. The van der Waals surface area contributed by atoms with E-state index in [9.17, 15) is 14.4 Å². The van der Waals surface area contributed by atoms with Crippen LogP contribution in [0.25, 0.3) is 0 Å². The second kappa shape index (κ2) is 44.9. The fraction of sp³-hybridized carbons (Fsp3) is 0.942. The van der Waals surface area contributed by atoms with Gasteiger partial charge in [0, 0.05) is 19.3 Å². The van der Waals surface area contributed by atoms with Crippen LogP contribution < -0.4 is 0 Å². The summed E-state index contributed by atoms with van der Waals surface area (Å²) in [5.74, 6) is 0.860. The maximum absolute atomic E-state index is 12.7.